The molecule has 1 fully saturated rings. The van der Waals surface area contributed by atoms with E-state index in [2.05, 4.69) is 22.7 Å². The van der Waals surface area contributed by atoms with Crippen molar-refractivity contribution in [2.45, 2.75) is 32.2 Å². The number of rotatable bonds is 4. The molecule has 1 aromatic carbocycles. The maximum atomic E-state index is 12.5. The second-order valence-electron chi connectivity index (χ2n) is 6.36. The van der Waals surface area contributed by atoms with Crippen molar-refractivity contribution >= 4 is 17.1 Å². The maximum Gasteiger partial charge on any atom is 0.290 e. The van der Waals surface area contributed by atoms with Crippen molar-refractivity contribution in [3.05, 3.63) is 45.0 Å². The number of anilines is 3. The molecule has 1 aromatic heterocycles. The number of H-pyrrole nitrogens is 1. The Morgan fingerprint density at radius 3 is 2.62 bits per heavy atom. The van der Waals surface area contributed by atoms with Gasteiger partial charge in [-0.25, -0.2) is 0 Å². The number of nitrogens with one attached hydrogen (secondary N) is 3. The molecule has 2 unspecified atom stereocenters. The summed E-state index contributed by atoms with van der Waals surface area (Å²) in [6.45, 7) is 2.13. The van der Waals surface area contributed by atoms with E-state index < -0.39 is 0 Å². The summed E-state index contributed by atoms with van der Waals surface area (Å²) in [4.78, 5) is 24.9. The molecule has 1 aliphatic rings. The zero-order valence-electron chi connectivity index (χ0n) is 13.8. The molecule has 2 atom stereocenters. The third-order valence-corrected chi connectivity index (χ3v) is 4.62. The minimum absolute atomic E-state index is 0.0139. The largest absolute Gasteiger partial charge is 0.506 e. The summed E-state index contributed by atoms with van der Waals surface area (Å²) in [6.07, 6.45) is 3.16. The monoisotopic (exact) mass is 330 g/mol. The van der Waals surface area contributed by atoms with Crippen molar-refractivity contribution in [1.29, 1.82) is 0 Å². The summed E-state index contributed by atoms with van der Waals surface area (Å²) >= 11 is 0. The number of phenols is 1. The highest BCUT2D eigenvalue weighted by Gasteiger charge is 2.26. The van der Waals surface area contributed by atoms with E-state index in [-0.39, 0.29) is 34.3 Å². The smallest absolute Gasteiger partial charge is 0.290 e. The van der Waals surface area contributed by atoms with E-state index in [0.717, 1.165) is 23.9 Å². The normalized spacial score (nSPS) is 20.1. The van der Waals surface area contributed by atoms with Crippen molar-refractivity contribution in [2.24, 2.45) is 13.0 Å². The zero-order chi connectivity index (χ0) is 17.3. The first-order chi connectivity index (χ1) is 11.5. The lowest BCUT2D eigenvalue weighted by molar-refractivity contribution is 0.477. The second kappa shape index (κ2) is 6.43. The molecule has 1 aliphatic carbocycles. The van der Waals surface area contributed by atoms with E-state index in [4.69, 9.17) is 0 Å². The minimum atomic E-state index is -0.369. The lowest BCUT2D eigenvalue weighted by Crippen LogP contribution is -2.34. The van der Waals surface area contributed by atoms with Crippen molar-refractivity contribution in [2.75, 3.05) is 10.6 Å². The van der Waals surface area contributed by atoms with Crippen LogP contribution in [-0.4, -0.2) is 20.9 Å². The number of nitrogens with zero attached hydrogens (tertiary/aromatic N) is 1. The van der Waals surface area contributed by atoms with Crippen LogP contribution >= 0.6 is 0 Å². The van der Waals surface area contributed by atoms with Crippen LogP contribution in [0.1, 0.15) is 26.2 Å². The quantitative estimate of drug-likeness (QED) is 0.644. The van der Waals surface area contributed by atoms with Gasteiger partial charge in [0.05, 0.1) is 5.69 Å². The molecule has 24 heavy (non-hydrogen) atoms. The average Bonchev–Trinajstić information content (AvgIpc) is 2.95. The van der Waals surface area contributed by atoms with Crippen LogP contribution in [0.4, 0.5) is 17.1 Å². The zero-order valence-corrected chi connectivity index (χ0v) is 13.8. The van der Waals surface area contributed by atoms with Gasteiger partial charge >= 0.3 is 0 Å². The molecule has 0 bridgehead atoms. The van der Waals surface area contributed by atoms with Crippen molar-refractivity contribution in [3.63, 3.8) is 0 Å². The van der Waals surface area contributed by atoms with E-state index in [9.17, 15) is 14.7 Å². The van der Waals surface area contributed by atoms with Crippen LogP contribution in [0, 0.1) is 5.92 Å². The van der Waals surface area contributed by atoms with Crippen molar-refractivity contribution in [1.82, 2.24) is 9.78 Å². The molecule has 7 nitrogen and oxygen atoms in total. The van der Waals surface area contributed by atoms with Gasteiger partial charge in [0.15, 0.2) is 0 Å². The molecular weight excluding hydrogens is 308 g/mol. The van der Waals surface area contributed by atoms with Crippen LogP contribution in [-0.2, 0) is 7.05 Å². The highest BCUT2D eigenvalue weighted by molar-refractivity contribution is 5.75. The molecular formula is C17H22N4O3. The maximum absolute atomic E-state index is 12.5. The Bertz CT molecular complexity index is 856. The number of benzene rings is 1. The predicted octanol–water partition coefficient (Wildman–Crippen LogP) is 2.12. The van der Waals surface area contributed by atoms with Crippen LogP contribution in [0.25, 0.3) is 0 Å². The highest BCUT2D eigenvalue weighted by atomic mass is 16.3. The molecule has 0 aliphatic heterocycles. The molecule has 4 N–H and O–H groups in total. The summed E-state index contributed by atoms with van der Waals surface area (Å²) < 4.78 is 1.13. The number of hydrogen-bond donors (Lipinski definition) is 4. The Morgan fingerprint density at radius 2 is 1.96 bits per heavy atom. The topological polar surface area (TPSA) is 99.1 Å². The molecule has 128 valence electrons. The van der Waals surface area contributed by atoms with Gasteiger partial charge in [-0.05, 0) is 30.9 Å². The molecule has 1 saturated carbocycles. The summed E-state index contributed by atoms with van der Waals surface area (Å²) in [5.41, 5.74) is 0.00444. The highest BCUT2D eigenvalue weighted by Crippen LogP contribution is 2.30. The first kappa shape index (κ1) is 16.2. The van der Waals surface area contributed by atoms with Gasteiger partial charge in [0.1, 0.15) is 17.1 Å². The number of aryl methyl sites for hydroxylation is 1. The number of para-hydroxylation sites is 2. The summed E-state index contributed by atoms with van der Waals surface area (Å²) in [5.74, 6) is 0.450. The van der Waals surface area contributed by atoms with Crippen LogP contribution in [0.3, 0.4) is 0 Å². The second-order valence-corrected chi connectivity index (χ2v) is 6.36. The first-order valence-electron chi connectivity index (χ1n) is 8.12. The lowest BCUT2D eigenvalue weighted by atomic mass is 10.1. The van der Waals surface area contributed by atoms with Gasteiger partial charge in [-0.2, -0.15) is 0 Å². The van der Waals surface area contributed by atoms with Gasteiger partial charge in [-0.15, -0.1) is 0 Å². The van der Waals surface area contributed by atoms with Gasteiger partial charge in [0.2, 0.25) is 0 Å². The Labute approximate surface area is 139 Å². The third kappa shape index (κ3) is 3.02. The van der Waals surface area contributed by atoms with Crippen molar-refractivity contribution in [3.8, 4) is 5.75 Å². The molecule has 0 saturated heterocycles. The molecule has 0 amide bonds. The van der Waals surface area contributed by atoms with Crippen LogP contribution in [0.5, 0.6) is 5.75 Å². The standard InChI is InChI=1S/C17H22N4O3/c1-10-6-5-8-11(10)18-14-15(17(24)21(2)20-16(14)23)19-12-7-3-4-9-13(12)22/h3-4,7,9-11,18-19,22H,5-6,8H2,1-2H3,(H,20,23). The summed E-state index contributed by atoms with van der Waals surface area (Å²) in [7, 11) is 1.49. The average molecular weight is 330 g/mol. The number of aromatic amines is 1. The number of aromatic hydroxyl groups is 1. The van der Waals surface area contributed by atoms with E-state index in [1.54, 1.807) is 18.2 Å². The number of aromatic nitrogens is 2. The Kier molecular flexibility index (Phi) is 4.33. The Hall–Kier alpha value is -2.70. The fraction of sp³-hybridized carbons (Fsp3) is 0.412. The minimum Gasteiger partial charge on any atom is -0.506 e. The first-order valence-corrected chi connectivity index (χ1v) is 8.12. The van der Waals surface area contributed by atoms with Gasteiger partial charge in [-0.1, -0.05) is 25.5 Å². The molecule has 0 radical (unpaired) electrons. The lowest BCUT2D eigenvalue weighted by Gasteiger charge is -2.21. The molecule has 3 rings (SSSR count). The van der Waals surface area contributed by atoms with E-state index >= 15 is 0 Å². The molecule has 0 spiro atoms. The SMILES string of the molecule is CC1CCCC1Nc1c(Nc2ccccc2O)c(=O)n(C)[nH]c1=O. The van der Waals surface area contributed by atoms with Gasteiger partial charge in [0, 0.05) is 13.1 Å². The van der Waals surface area contributed by atoms with Crippen LogP contribution in [0.15, 0.2) is 33.9 Å². The third-order valence-electron chi connectivity index (χ3n) is 4.62. The summed E-state index contributed by atoms with van der Waals surface area (Å²) in [5, 5.41) is 18.6. The van der Waals surface area contributed by atoms with Gasteiger partial charge in [-0.3, -0.25) is 19.4 Å². The van der Waals surface area contributed by atoms with Gasteiger partial charge in [0.25, 0.3) is 11.1 Å². The van der Waals surface area contributed by atoms with Crippen molar-refractivity contribution < 1.29 is 5.11 Å². The fourth-order valence-electron chi connectivity index (χ4n) is 3.16. The van der Waals surface area contributed by atoms with E-state index in [1.807, 2.05) is 0 Å². The van der Waals surface area contributed by atoms with Crippen LogP contribution < -0.4 is 21.8 Å². The van der Waals surface area contributed by atoms with Crippen LogP contribution in [0.2, 0.25) is 0 Å². The van der Waals surface area contributed by atoms with E-state index in [0.29, 0.717) is 11.6 Å². The summed E-state index contributed by atoms with van der Waals surface area (Å²) in [6, 6.07) is 6.76. The number of hydrogen-bond acceptors (Lipinski definition) is 5. The Balaban J connectivity index is 2.04. The molecule has 7 heteroatoms. The predicted molar refractivity (Wildman–Crippen MR) is 94.1 cm³/mol. The molecule has 2 aromatic rings. The van der Waals surface area contributed by atoms with E-state index in [1.165, 1.54) is 13.1 Å². The Morgan fingerprint density at radius 1 is 1.21 bits per heavy atom. The number of phenolic OH excluding ortho intramolecular Hbond substituents is 1. The fourth-order valence-corrected chi connectivity index (χ4v) is 3.16. The van der Waals surface area contributed by atoms with Gasteiger partial charge < -0.3 is 15.7 Å². The molecule has 1 heterocycles.